The molecule has 0 saturated carbocycles. The molecule has 1 aliphatic rings. The highest BCUT2D eigenvalue weighted by Crippen LogP contribution is 2.23. The van der Waals surface area contributed by atoms with Crippen molar-refractivity contribution < 1.29 is 44.2 Å². The second-order valence-electron chi connectivity index (χ2n) is 18.7. The summed E-state index contributed by atoms with van der Waals surface area (Å²) in [5.74, 6) is -0.321. The third-order valence-electron chi connectivity index (χ3n) is 12.5. The number of aliphatic hydroxyl groups excluding tert-OH is 4. The topological polar surface area (TPSA) is 135 Å². The molecule has 1 saturated heterocycles. The minimum atomic E-state index is -1.54. The Bertz CT molecular complexity index is 1140. The molecule has 6 unspecified atom stereocenters. The summed E-state index contributed by atoms with van der Waals surface area (Å²) < 4.78 is 22.9. The van der Waals surface area contributed by atoms with Gasteiger partial charge in [0.1, 0.15) is 30.5 Å². The Morgan fingerprint density at radius 2 is 0.892 bits per heavy atom. The highest BCUT2D eigenvalue weighted by atomic mass is 16.7. The van der Waals surface area contributed by atoms with Crippen LogP contribution in [0.5, 0.6) is 0 Å². The molecular formula is C56H102O9. The molecule has 0 aromatic heterocycles. The molecule has 4 N–H and O–H groups in total. The summed E-state index contributed by atoms with van der Waals surface area (Å²) >= 11 is 0. The van der Waals surface area contributed by atoms with E-state index < -0.39 is 43.4 Å². The van der Waals surface area contributed by atoms with Crippen molar-refractivity contribution in [3.63, 3.8) is 0 Å². The quantitative estimate of drug-likeness (QED) is 0.0267. The standard InChI is InChI=1S/C56H102O9/c1-3-5-7-9-11-13-15-17-19-21-22-23-24-25-26-27-28-29-30-32-34-36-38-40-42-44-46-62-48-50(49-63-56-55(61)54(60)53(59)51(47-57)65-56)64-52(58)45-43-41-39-37-35-33-31-20-18-16-14-12-10-8-6-4-2/h15,17,20-22,24-25,31,50-51,53-57,59-61H,3-14,16,18-19,23,26-30,32-49H2,1-2H3/b17-15-,22-21-,25-24-,31-20-. The molecule has 0 aromatic carbocycles. The van der Waals surface area contributed by atoms with Crippen LogP contribution in [0.4, 0.5) is 0 Å². The zero-order valence-electron chi connectivity index (χ0n) is 42.0. The molecule has 0 amide bonds. The fraction of sp³-hybridized carbons (Fsp3) is 0.839. The number of carbonyl (C=O) groups excluding carboxylic acids is 1. The summed E-state index contributed by atoms with van der Waals surface area (Å²) in [5.41, 5.74) is 0. The molecule has 0 aliphatic carbocycles. The van der Waals surface area contributed by atoms with Crippen molar-refractivity contribution in [2.45, 2.75) is 275 Å². The van der Waals surface area contributed by atoms with Crippen LogP contribution >= 0.6 is 0 Å². The van der Waals surface area contributed by atoms with E-state index in [1.165, 1.54) is 161 Å². The second-order valence-corrected chi connectivity index (χ2v) is 18.7. The zero-order valence-corrected chi connectivity index (χ0v) is 42.0. The molecule has 9 nitrogen and oxygen atoms in total. The molecule has 6 atom stereocenters. The summed E-state index contributed by atoms with van der Waals surface area (Å²) in [6, 6.07) is 0. The maximum Gasteiger partial charge on any atom is 0.306 e. The van der Waals surface area contributed by atoms with Crippen LogP contribution in [0.15, 0.2) is 48.6 Å². The fourth-order valence-corrected chi connectivity index (χ4v) is 8.20. The predicted molar refractivity (Wildman–Crippen MR) is 270 cm³/mol. The van der Waals surface area contributed by atoms with E-state index in [1.54, 1.807) is 0 Å². The van der Waals surface area contributed by atoms with Crippen LogP contribution in [0.25, 0.3) is 0 Å². The molecule has 0 spiro atoms. The lowest BCUT2D eigenvalue weighted by molar-refractivity contribution is -0.305. The number of ether oxygens (including phenoxy) is 4. The van der Waals surface area contributed by atoms with Gasteiger partial charge in [-0.3, -0.25) is 4.79 Å². The Morgan fingerprint density at radius 3 is 1.35 bits per heavy atom. The Morgan fingerprint density at radius 1 is 0.492 bits per heavy atom. The number of unbranched alkanes of at least 4 members (excludes halogenated alkanes) is 28. The van der Waals surface area contributed by atoms with Crippen molar-refractivity contribution in [2.75, 3.05) is 26.4 Å². The van der Waals surface area contributed by atoms with Crippen LogP contribution in [0.1, 0.15) is 239 Å². The lowest BCUT2D eigenvalue weighted by Gasteiger charge is -2.39. The molecule has 9 heteroatoms. The number of hydrogen-bond donors (Lipinski definition) is 4. The molecule has 1 fully saturated rings. The first-order valence-electron chi connectivity index (χ1n) is 27.2. The minimum absolute atomic E-state index is 0.117. The van der Waals surface area contributed by atoms with Crippen molar-refractivity contribution in [3.05, 3.63) is 48.6 Å². The van der Waals surface area contributed by atoms with Crippen LogP contribution in [0.3, 0.4) is 0 Å². The van der Waals surface area contributed by atoms with Crippen molar-refractivity contribution >= 4 is 5.97 Å². The Hall–Kier alpha value is -1.85. The van der Waals surface area contributed by atoms with Crippen molar-refractivity contribution in [1.82, 2.24) is 0 Å². The van der Waals surface area contributed by atoms with Crippen LogP contribution in [-0.2, 0) is 23.7 Å². The summed E-state index contributed by atoms with van der Waals surface area (Å²) in [7, 11) is 0. The van der Waals surface area contributed by atoms with Crippen LogP contribution < -0.4 is 0 Å². The van der Waals surface area contributed by atoms with Crippen molar-refractivity contribution in [2.24, 2.45) is 0 Å². The van der Waals surface area contributed by atoms with Crippen LogP contribution in [0, 0.1) is 0 Å². The van der Waals surface area contributed by atoms with Gasteiger partial charge in [0.15, 0.2) is 6.29 Å². The Kier molecular flexibility index (Phi) is 44.4. The summed E-state index contributed by atoms with van der Waals surface area (Å²) in [6.45, 7) is 4.55. The Labute approximate surface area is 399 Å². The molecule has 0 bridgehead atoms. The number of rotatable bonds is 47. The average Bonchev–Trinajstić information content (AvgIpc) is 3.31. The molecule has 1 heterocycles. The second kappa shape index (κ2) is 47.2. The largest absolute Gasteiger partial charge is 0.457 e. The average molecular weight is 919 g/mol. The van der Waals surface area contributed by atoms with E-state index in [4.69, 9.17) is 18.9 Å². The molecule has 1 rings (SSSR count). The van der Waals surface area contributed by atoms with Gasteiger partial charge in [-0.15, -0.1) is 0 Å². The molecule has 1 aliphatic heterocycles. The van der Waals surface area contributed by atoms with E-state index in [9.17, 15) is 25.2 Å². The normalized spacial score (nSPS) is 19.8. The van der Waals surface area contributed by atoms with Gasteiger partial charge < -0.3 is 39.4 Å². The summed E-state index contributed by atoms with van der Waals surface area (Å²) in [6.07, 6.45) is 52.9. The van der Waals surface area contributed by atoms with E-state index in [2.05, 4.69) is 62.5 Å². The number of carbonyl (C=O) groups is 1. The smallest absolute Gasteiger partial charge is 0.306 e. The van der Waals surface area contributed by atoms with Gasteiger partial charge in [0, 0.05) is 13.0 Å². The van der Waals surface area contributed by atoms with Crippen molar-refractivity contribution in [3.8, 4) is 0 Å². The van der Waals surface area contributed by atoms with E-state index in [-0.39, 0.29) is 19.2 Å². The van der Waals surface area contributed by atoms with Gasteiger partial charge in [-0.1, -0.05) is 204 Å². The van der Waals surface area contributed by atoms with Gasteiger partial charge in [-0.05, 0) is 77.0 Å². The summed E-state index contributed by atoms with van der Waals surface area (Å²) in [4.78, 5) is 12.8. The van der Waals surface area contributed by atoms with E-state index in [0.717, 1.165) is 57.8 Å². The van der Waals surface area contributed by atoms with E-state index >= 15 is 0 Å². The number of aliphatic hydroxyl groups is 4. The van der Waals surface area contributed by atoms with E-state index in [1.807, 2.05) is 0 Å². The van der Waals surface area contributed by atoms with Gasteiger partial charge in [-0.2, -0.15) is 0 Å². The van der Waals surface area contributed by atoms with Crippen LogP contribution in [-0.4, -0.2) is 89.6 Å². The molecule has 380 valence electrons. The molecule has 0 radical (unpaired) electrons. The fourth-order valence-electron chi connectivity index (χ4n) is 8.20. The van der Waals surface area contributed by atoms with Crippen molar-refractivity contribution in [1.29, 1.82) is 0 Å². The SMILES string of the molecule is CCCCCCC/C=C\C/C=C\C/C=C\CCCCCCCCCCCCCOCC(COC1OC(CO)C(O)C(O)C1O)OC(=O)CCCCCCC/C=C\CCCCCCCCC. The first kappa shape index (κ1) is 61.2. The maximum atomic E-state index is 12.8. The predicted octanol–water partition coefficient (Wildman–Crippen LogP) is 13.6. The zero-order chi connectivity index (χ0) is 47.1. The lowest BCUT2D eigenvalue weighted by atomic mass is 9.99. The van der Waals surface area contributed by atoms with Crippen LogP contribution in [0.2, 0.25) is 0 Å². The number of esters is 1. The lowest BCUT2D eigenvalue weighted by Crippen LogP contribution is -2.59. The van der Waals surface area contributed by atoms with Gasteiger partial charge in [0.2, 0.25) is 0 Å². The number of allylic oxidation sites excluding steroid dienone is 8. The monoisotopic (exact) mass is 919 g/mol. The van der Waals surface area contributed by atoms with Gasteiger partial charge in [0.25, 0.3) is 0 Å². The molecular weight excluding hydrogens is 817 g/mol. The Balaban J connectivity index is 2.17. The highest BCUT2D eigenvalue weighted by molar-refractivity contribution is 5.69. The van der Waals surface area contributed by atoms with E-state index in [0.29, 0.717) is 13.0 Å². The molecule has 65 heavy (non-hydrogen) atoms. The molecule has 0 aromatic rings. The third-order valence-corrected chi connectivity index (χ3v) is 12.5. The first-order chi connectivity index (χ1) is 31.9. The minimum Gasteiger partial charge on any atom is -0.457 e. The summed E-state index contributed by atoms with van der Waals surface area (Å²) in [5, 5.41) is 40.3. The third kappa shape index (κ3) is 37.8. The number of hydrogen-bond acceptors (Lipinski definition) is 9. The van der Waals surface area contributed by atoms with Gasteiger partial charge in [-0.25, -0.2) is 0 Å². The van der Waals surface area contributed by atoms with Gasteiger partial charge in [0.05, 0.1) is 19.8 Å². The first-order valence-corrected chi connectivity index (χ1v) is 27.2. The van der Waals surface area contributed by atoms with Gasteiger partial charge >= 0.3 is 5.97 Å². The highest BCUT2D eigenvalue weighted by Gasteiger charge is 2.44. The maximum absolute atomic E-state index is 12.8.